The fourth-order valence-corrected chi connectivity index (χ4v) is 2.51. The summed E-state index contributed by atoms with van der Waals surface area (Å²) in [5.74, 6) is -0.329. The van der Waals surface area contributed by atoms with E-state index in [2.05, 4.69) is 5.10 Å². The molecule has 22 heavy (non-hydrogen) atoms. The minimum Gasteiger partial charge on any atom is -0.399 e. The molecule has 0 N–H and O–H groups in total. The minimum atomic E-state index is -0.710. The number of rotatable bonds is 2. The van der Waals surface area contributed by atoms with Crippen LogP contribution >= 0.6 is 0 Å². The first-order valence-electron chi connectivity index (χ1n) is 7.35. The highest BCUT2D eigenvalue weighted by Gasteiger charge is 2.52. The maximum absolute atomic E-state index is 14.3. The number of aryl methyl sites for hydroxylation is 1. The third kappa shape index (κ3) is 2.36. The molecule has 1 aromatic heterocycles. The summed E-state index contributed by atoms with van der Waals surface area (Å²) in [5.41, 5.74) is 1.22. The average molecular weight is 302 g/mol. The van der Waals surface area contributed by atoms with Crippen LogP contribution in [0, 0.1) is 5.82 Å². The summed E-state index contributed by atoms with van der Waals surface area (Å²) in [5, 5.41) is 4.15. The Morgan fingerprint density at radius 2 is 1.73 bits per heavy atom. The summed E-state index contributed by atoms with van der Waals surface area (Å²) < 4.78 is 27.9. The van der Waals surface area contributed by atoms with Gasteiger partial charge in [-0.25, -0.2) is 4.39 Å². The Hall–Kier alpha value is -1.66. The van der Waals surface area contributed by atoms with Gasteiger partial charge >= 0.3 is 7.12 Å². The van der Waals surface area contributed by atoms with Crippen LogP contribution in [0.4, 0.5) is 4.39 Å². The lowest BCUT2D eigenvalue weighted by Gasteiger charge is -2.32. The summed E-state index contributed by atoms with van der Waals surface area (Å²) in [6.07, 6.45) is 1.72. The van der Waals surface area contributed by atoms with Crippen molar-refractivity contribution in [1.82, 2.24) is 9.78 Å². The average Bonchev–Trinajstić information content (AvgIpc) is 2.92. The third-order valence-corrected chi connectivity index (χ3v) is 4.62. The molecular formula is C16H20BFN2O2. The van der Waals surface area contributed by atoms with Crippen LogP contribution < -0.4 is 5.46 Å². The molecule has 1 saturated heterocycles. The van der Waals surface area contributed by atoms with Gasteiger partial charge < -0.3 is 9.31 Å². The Bertz CT molecular complexity index is 696. The van der Waals surface area contributed by atoms with Gasteiger partial charge in [0.1, 0.15) is 5.82 Å². The lowest BCUT2D eigenvalue weighted by atomic mass is 9.77. The molecule has 4 nitrogen and oxygen atoms in total. The van der Waals surface area contributed by atoms with E-state index in [1.165, 1.54) is 6.07 Å². The van der Waals surface area contributed by atoms with Crippen molar-refractivity contribution >= 4 is 12.6 Å². The summed E-state index contributed by atoms with van der Waals surface area (Å²) in [6, 6.07) is 6.85. The maximum atomic E-state index is 14.3. The molecule has 3 rings (SSSR count). The van der Waals surface area contributed by atoms with Gasteiger partial charge in [-0.3, -0.25) is 4.68 Å². The second kappa shape index (κ2) is 4.93. The van der Waals surface area contributed by atoms with Gasteiger partial charge in [0, 0.05) is 18.7 Å². The molecule has 1 aliphatic rings. The van der Waals surface area contributed by atoms with E-state index in [1.54, 1.807) is 23.0 Å². The summed E-state index contributed by atoms with van der Waals surface area (Å²) in [7, 11) is 1.14. The standard InChI is InChI=1S/C16H20BFN2O2/c1-15(2)16(3,4)22-17(21-15)12-10-11(6-7-13(12)18)14-8-9-19-20(14)5/h6-10H,1-5H3. The van der Waals surface area contributed by atoms with Crippen molar-refractivity contribution in [2.45, 2.75) is 38.9 Å². The zero-order chi connectivity index (χ0) is 16.1. The number of hydrogen-bond donors (Lipinski definition) is 0. The van der Waals surface area contributed by atoms with Crippen molar-refractivity contribution < 1.29 is 13.7 Å². The molecule has 1 aliphatic heterocycles. The molecule has 0 aliphatic carbocycles. The Morgan fingerprint density at radius 3 is 2.27 bits per heavy atom. The molecule has 116 valence electrons. The zero-order valence-corrected chi connectivity index (χ0v) is 13.6. The van der Waals surface area contributed by atoms with Crippen molar-refractivity contribution in [3.63, 3.8) is 0 Å². The molecule has 1 fully saturated rings. The molecule has 0 atom stereocenters. The maximum Gasteiger partial charge on any atom is 0.497 e. The monoisotopic (exact) mass is 302 g/mol. The number of aromatic nitrogens is 2. The van der Waals surface area contributed by atoms with Gasteiger partial charge in [0.2, 0.25) is 0 Å². The van der Waals surface area contributed by atoms with Crippen LogP contribution in [0.25, 0.3) is 11.3 Å². The highest BCUT2D eigenvalue weighted by Crippen LogP contribution is 2.36. The fourth-order valence-electron chi connectivity index (χ4n) is 2.51. The molecule has 0 amide bonds. The molecule has 1 aromatic carbocycles. The first kappa shape index (κ1) is 15.2. The van der Waals surface area contributed by atoms with Crippen LogP contribution in [-0.4, -0.2) is 28.1 Å². The summed E-state index contributed by atoms with van der Waals surface area (Å²) in [6.45, 7) is 7.82. The number of benzene rings is 1. The Morgan fingerprint density at radius 1 is 1.09 bits per heavy atom. The van der Waals surface area contributed by atoms with E-state index in [9.17, 15) is 4.39 Å². The van der Waals surface area contributed by atoms with Crippen LogP contribution in [0.1, 0.15) is 27.7 Å². The predicted molar refractivity (Wildman–Crippen MR) is 84.3 cm³/mol. The normalized spacial score (nSPS) is 19.6. The highest BCUT2D eigenvalue weighted by atomic mass is 19.1. The van der Waals surface area contributed by atoms with Gasteiger partial charge in [-0.05, 0) is 51.5 Å². The third-order valence-electron chi connectivity index (χ3n) is 4.62. The van der Waals surface area contributed by atoms with Gasteiger partial charge in [-0.15, -0.1) is 0 Å². The SMILES string of the molecule is Cn1nccc1-c1ccc(F)c(B2OC(C)(C)C(C)(C)O2)c1. The van der Waals surface area contributed by atoms with Crippen molar-refractivity contribution in [2.24, 2.45) is 7.05 Å². The van der Waals surface area contributed by atoms with Gasteiger partial charge in [-0.2, -0.15) is 5.10 Å². The van der Waals surface area contributed by atoms with E-state index < -0.39 is 18.3 Å². The Labute approximate surface area is 130 Å². The lowest BCUT2D eigenvalue weighted by molar-refractivity contribution is 0.00578. The summed E-state index contributed by atoms with van der Waals surface area (Å²) in [4.78, 5) is 0. The zero-order valence-electron chi connectivity index (χ0n) is 13.6. The quantitative estimate of drug-likeness (QED) is 0.800. The topological polar surface area (TPSA) is 36.3 Å². The largest absolute Gasteiger partial charge is 0.497 e. The van der Waals surface area contributed by atoms with Crippen LogP contribution in [-0.2, 0) is 16.4 Å². The van der Waals surface area contributed by atoms with Gasteiger partial charge in [0.05, 0.1) is 16.9 Å². The predicted octanol–water partition coefficient (Wildman–Crippen LogP) is 2.53. The van der Waals surface area contributed by atoms with E-state index in [4.69, 9.17) is 9.31 Å². The highest BCUT2D eigenvalue weighted by molar-refractivity contribution is 6.62. The molecule has 2 aromatic rings. The number of hydrogen-bond acceptors (Lipinski definition) is 3. The summed E-state index contributed by atoms with van der Waals surface area (Å²) >= 11 is 0. The molecule has 2 heterocycles. The molecule has 0 bridgehead atoms. The van der Waals surface area contributed by atoms with Crippen LogP contribution in [0.15, 0.2) is 30.5 Å². The van der Waals surface area contributed by atoms with Gasteiger partial charge in [0.25, 0.3) is 0 Å². The Balaban J connectivity index is 2.00. The second-order valence-electron chi connectivity index (χ2n) is 6.66. The molecule has 0 spiro atoms. The van der Waals surface area contributed by atoms with Gasteiger partial charge in [-0.1, -0.05) is 6.07 Å². The van der Waals surface area contributed by atoms with Crippen LogP contribution in [0.5, 0.6) is 0 Å². The molecule has 0 saturated carbocycles. The Kier molecular flexibility index (Phi) is 3.42. The number of halogens is 1. The van der Waals surface area contributed by atoms with Crippen molar-refractivity contribution in [3.05, 3.63) is 36.3 Å². The molecule has 0 radical (unpaired) electrons. The second-order valence-corrected chi connectivity index (χ2v) is 6.66. The fraction of sp³-hybridized carbons (Fsp3) is 0.438. The van der Waals surface area contributed by atoms with Crippen molar-refractivity contribution in [3.8, 4) is 11.3 Å². The smallest absolute Gasteiger partial charge is 0.399 e. The minimum absolute atomic E-state index is 0.329. The van der Waals surface area contributed by atoms with E-state index in [0.29, 0.717) is 5.46 Å². The van der Waals surface area contributed by atoms with E-state index in [1.807, 2.05) is 40.8 Å². The van der Waals surface area contributed by atoms with E-state index >= 15 is 0 Å². The van der Waals surface area contributed by atoms with Crippen molar-refractivity contribution in [1.29, 1.82) is 0 Å². The first-order chi connectivity index (χ1) is 10.2. The van der Waals surface area contributed by atoms with Crippen LogP contribution in [0.3, 0.4) is 0 Å². The van der Waals surface area contributed by atoms with Gasteiger partial charge in [0.15, 0.2) is 0 Å². The molecule has 0 unspecified atom stereocenters. The first-order valence-corrected chi connectivity index (χ1v) is 7.35. The van der Waals surface area contributed by atoms with Crippen molar-refractivity contribution in [2.75, 3.05) is 0 Å². The van der Waals surface area contributed by atoms with E-state index in [0.717, 1.165) is 11.3 Å². The van der Waals surface area contributed by atoms with Crippen LogP contribution in [0.2, 0.25) is 0 Å². The number of nitrogens with zero attached hydrogens (tertiary/aromatic N) is 2. The van der Waals surface area contributed by atoms with E-state index in [-0.39, 0.29) is 5.82 Å². The lowest BCUT2D eigenvalue weighted by Crippen LogP contribution is -2.41. The molecular weight excluding hydrogens is 282 g/mol. The molecule has 6 heteroatoms.